The first kappa shape index (κ1) is 13.3. The van der Waals surface area contributed by atoms with E-state index in [1.807, 2.05) is 12.1 Å². The second-order valence-corrected chi connectivity index (χ2v) is 4.64. The largest absolute Gasteiger partial charge is 0.488 e. The predicted molar refractivity (Wildman–Crippen MR) is 69.8 cm³/mol. The highest BCUT2D eigenvalue weighted by Gasteiger charge is 2.40. The predicted octanol–water partition coefficient (Wildman–Crippen LogP) is 1.37. The smallest absolute Gasteiger partial charge is 0.128 e. The van der Waals surface area contributed by atoms with Crippen molar-refractivity contribution in [3.8, 4) is 5.75 Å². The highest BCUT2D eigenvalue weighted by Crippen LogP contribution is 2.27. The van der Waals surface area contributed by atoms with Crippen molar-refractivity contribution in [3.63, 3.8) is 0 Å². The molecule has 4 nitrogen and oxygen atoms in total. The third kappa shape index (κ3) is 3.02. The van der Waals surface area contributed by atoms with E-state index in [1.165, 1.54) is 5.56 Å². The minimum atomic E-state index is 0.0122. The summed E-state index contributed by atoms with van der Waals surface area (Å²) >= 11 is 0. The summed E-state index contributed by atoms with van der Waals surface area (Å²) in [5.74, 6) is 0.870. The molecule has 1 aromatic rings. The quantitative estimate of drug-likeness (QED) is 0.829. The van der Waals surface area contributed by atoms with E-state index < -0.39 is 0 Å². The van der Waals surface area contributed by atoms with Crippen LogP contribution in [0.25, 0.3) is 0 Å². The summed E-state index contributed by atoms with van der Waals surface area (Å²) in [5.41, 5.74) is 7.09. The van der Waals surface area contributed by atoms with Crippen molar-refractivity contribution >= 4 is 0 Å². The molecule has 0 aromatic heterocycles. The van der Waals surface area contributed by atoms with Gasteiger partial charge in [0.2, 0.25) is 0 Å². The van der Waals surface area contributed by atoms with E-state index >= 15 is 0 Å². The van der Waals surface area contributed by atoms with Gasteiger partial charge in [-0.15, -0.1) is 0 Å². The first-order valence-corrected chi connectivity index (χ1v) is 6.27. The topological polar surface area (TPSA) is 53.7 Å². The molecule has 1 aliphatic rings. The molecule has 1 fully saturated rings. The molecule has 0 saturated heterocycles. The zero-order chi connectivity index (χ0) is 13.0. The van der Waals surface area contributed by atoms with Crippen molar-refractivity contribution in [2.45, 2.75) is 31.1 Å². The fourth-order valence-electron chi connectivity index (χ4n) is 2.19. The maximum Gasteiger partial charge on any atom is 0.128 e. The maximum absolute atomic E-state index is 5.85. The lowest BCUT2D eigenvalue weighted by atomic mass is 9.86. The van der Waals surface area contributed by atoms with Crippen molar-refractivity contribution < 1.29 is 14.2 Å². The van der Waals surface area contributed by atoms with E-state index in [1.54, 1.807) is 14.2 Å². The standard InChI is InChI=1S/C14H21NO3/c1-16-8-7-10-3-5-11(6-4-10)18-13-9-12(15)14(13)17-2/h3-6,12-14H,7-9,15H2,1-2H3. The van der Waals surface area contributed by atoms with Crippen LogP contribution >= 0.6 is 0 Å². The molecule has 2 N–H and O–H groups in total. The Balaban J connectivity index is 1.86. The number of methoxy groups -OCH3 is 2. The Labute approximate surface area is 108 Å². The molecule has 2 rings (SSSR count). The fraction of sp³-hybridized carbons (Fsp3) is 0.571. The van der Waals surface area contributed by atoms with Crippen molar-refractivity contribution in [1.29, 1.82) is 0 Å². The molecule has 18 heavy (non-hydrogen) atoms. The Bertz CT molecular complexity index is 366. The second-order valence-electron chi connectivity index (χ2n) is 4.64. The Morgan fingerprint density at radius 3 is 2.50 bits per heavy atom. The lowest BCUT2D eigenvalue weighted by molar-refractivity contribution is -0.0782. The number of ether oxygens (including phenoxy) is 3. The van der Waals surface area contributed by atoms with Crippen LogP contribution in [0.1, 0.15) is 12.0 Å². The zero-order valence-electron chi connectivity index (χ0n) is 11.0. The highest BCUT2D eigenvalue weighted by atomic mass is 16.5. The fourth-order valence-corrected chi connectivity index (χ4v) is 2.19. The molecule has 3 unspecified atom stereocenters. The van der Waals surface area contributed by atoms with Crippen LogP contribution in [0.5, 0.6) is 5.75 Å². The molecule has 0 radical (unpaired) electrons. The first-order valence-electron chi connectivity index (χ1n) is 6.27. The molecule has 1 aromatic carbocycles. The van der Waals surface area contributed by atoms with Crippen LogP contribution in [0.15, 0.2) is 24.3 Å². The van der Waals surface area contributed by atoms with Gasteiger partial charge in [-0.05, 0) is 24.1 Å². The van der Waals surface area contributed by atoms with Crippen LogP contribution in [0.2, 0.25) is 0 Å². The molecule has 3 atom stereocenters. The van der Waals surface area contributed by atoms with Gasteiger partial charge in [-0.3, -0.25) is 0 Å². The van der Waals surface area contributed by atoms with Crippen LogP contribution in [-0.2, 0) is 15.9 Å². The monoisotopic (exact) mass is 251 g/mol. The molecule has 0 heterocycles. The lowest BCUT2D eigenvalue weighted by Crippen LogP contribution is -2.59. The lowest BCUT2D eigenvalue weighted by Gasteiger charge is -2.40. The minimum absolute atomic E-state index is 0.0122. The van der Waals surface area contributed by atoms with Crippen LogP contribution < -0.4 is 10.5 Å². The van der Waals surface area contributed by atoms with Crippen LogP contribution in [-0.4, -0.2) is 39.1 Å². The molecule has 4 heteroatoms. The van der Waals surface area contributed by atoms with Gasteiger partial charge in [0.1, 0.15) is 18.0 Å². The second kappa shape index (κ2) is 6.18. The molecule has 100 valence electrons. The number of hydrogen-bond acceptors (Lipinski definition) is 4. The molecular formula is C14H21NO3. The van der Waals surface area contributed by atoms with Gasteiger partial charge in [0, 0.05) is 26.7 Å². The number of benzene rings is 1. The zero-order valence-corrected chi connectivity index (χ0v) is 11.0. The van der Waals surface area contributed by atoms with Crippen LogP contribution in [0.4, 0.5) is 0 Å². The molecule has 0 aliphatic heterocycles. The highest BCUT2D eigenvalue weighted by molar-refractivity contribution is 5.28. The van der Waals surface area contributed by atoms with Crippen molar-refractivity contribution in [3.05, 3.63) is 29.8 Å². The Kier molecular flexibility index (Phi) is 4.58. The van der Waals surface area contributed by atoms with Gasteiger partial charge in [-0.25, -0.2) is 0 Å². The molecular weight excluding hydrogens is 230 g/mol. The Morgan fingerprint density at radius 1 is 1.22 bits per heavy atom. The summed E-state index contributed by atoms with van der Waals surface area (Å²) in [6.07, 6.45) is 1.86. The summed E-state index contributed by atoms with van der Waals surface area (Å²) in [7, 11) is 3.39. The van der Waals surface area contributed by atoms with Gasteiger partial charge in [0.15, 0.2) is 0 Å². The van der Waals surface area contributed by atoms with E-state index in [2.05, 4.69) is 12.1 Å². The minimum Gasteiger partial charge on any atom is -0.488 e. The Morgan fingerprint density at radius 2 is 1.94 bits per heavy atom. The summed E-state index contributed by atoms with van der Waals surface area (Å²) < 4.78 is 16.2. The molecule has 1 aliphatic carbocycles. The van der Waals surface area contributed by atoms with E-state index in [4.69, 9.17) is 19.9 Å². The maximum atomic E-state index is 5.85. The summed E-state index contributed by atoms with van der Waals surface area (Å²) in [6, 6.07) is 8.20. The van der Waals surface area contributed by atoms with Gasteiger partial charge < -0.3 is 19.9 Å². The van der Waals surface area contributed by atoms with E-state index in [0.29, 0.717) is 0 Å². The first-order chi connectivity index (χ1) is 8.74. The third-order valence-electron chi connectivity index (χ3n) is 3.37. The molecule has 0 bridgehead atoms. The number of rotatable bonds is 6. The van der Waals surface area contributed by atoms with Gasteiger partial charge >= 0.3 is 0 Å². The van der Waals surface area contributed by atoms with Gasteiger partial charge in [-0.2, -0.15) is 0 Å². The van der Waals surface area contributed by atoms with Crippen LogP contribution in [0.3, 0.4) is 0 Å². The van der Waals surface area contributed by atoms with Gasteiger partial charge in [0.05, 0.1) is 6.61 Å². The van der Waals surface area contributed by atoms with E-state index in [9.17, 15) is 0 Å². The van der Waals surface area contributed by atoms with Crippen molar-refractivity contribution in [2.75, 3.05) is 20.8 Å². The molecule has 0 spiro atoms. The molecule has 0 amide bonds. The van der Waals surface area contributed by atoms with E-state index in [-0.39, 0.29) is 18.2 Å². The van der Waals surface area contributed by atoms with E-state index in [0.717, 1.165) is 25.2 Å². The number of nitrogens with two attached hydrogens (primary N) is 1. The van der Waals surface area contributed by atoms with Crippen LogP contribution in [0, 0.1) is 0 Å². The SMILES string of the molecule is COCCc1ccc(OC2CC(N)C2OC)cc1. The average molecular weight is 251 g/mol. The summed E-state index contributed by atoms with van der Waals surface area (Å²) in [4.78, 5) is 0. The van der Waals surface area contributed by atoms with Gasteiger partial charge in [0.25, 0.3) is 0 Å². The van der Waals surface area contributed by atoms with Gasteiger partial charge in [-0.1, -0.05) is 12.1 Å². The molecule has 1 saturated carbocycles. The summed E-state index contributed by atoms with van der Waals surface area (Å²) in [5, 5.41) is 0. The average Bonchev–Trinajstić information content (AvgIpc) is 2.37. The Hall–Kier alpha value is -1.10. The van der Waals surface area contributed by atoms with Crippen molar-refractivity contribution in [2.24, 2.45) is 5.73 Å². The summed E-state index contributed by atoms with van der Waals surface area (Å²) in [6.45, 7) is 0.740. The number of hydrogen-bond donors (Lipinski definition) is 1. The third-order valence-corrected chi connectivity index (χ3v) is 3.37. The van der Waals surface area contributed by atoms with Crippen molar-refractivity contribution in [1.82, 2.24) is 0 Å². The normalized spacial score (nSPS) is 26.7.